The van der Waals surface area contributed by atoms with Crippen molar-refractivity contribution < 1.29 is 0 Å². The molecule has 0 saturated heterocycles. The molecule has 0 heterocycles. The Labute approximate surface area is 108 Å². The minimum absolute atomic E-state index is 0.785. The molecule has 0 atom stereocenters. The van der Waals surface area contributed by atoms with Gasteiger partial charge in [0.1, 0.15) is 0 Å². The average Bonchev–Trinajstić information content (AvgIpc) is 2.27. The molecule has 16 heavy (non-hydrogen) atoms. The van der Waals surface area contributed by atoms with Crippen molar-refractivity contribution in [1.82, 2.24) is 9.96 Å². The third-order valence-corrected chi connectivity index (χ3v) is 6.58. The molecule has 0 aliphatic rings. The zero-order valence-corrected chi connectivity index (χ0v) is 13.0. The fourth-order valence-electron chi connectivity index (χ4n) is 1.74. The van der Waals surface area contributed by atoms with Crippen molar-refractivity contribution in [2.24, 2.45) is 0 Å². The quantitative estimate of drug-likeness (QED) is 0.339. The van der Waals surface area contributed by atoms with Gasteiger partial charge >= 0.3 is 0 Å². The van der Waals surface area contributed by atoms with Crippen LogP contribution in [0.25, 0.3) is 0 Å². The second-order valence-electron chi connectivity index (χ2n) is 4.69. The first-order valence-electron chi connectivity index (χ1n) is 6.74. The van der Waals surface area contributed by atoms with Crippen molar-refractivity contribution in [3.8, 4) is 0 Å². The van der Waals surface area contributed by atoms with Crippen molar-refractivity contribution in [2.45, 2.75) is 58.5 Å². The molecule has 0 radical (unpaired) electrons. The number of hydrogen-bond donors (Lipinski definition) is 2. The Hall–Kier alpha value is 0.427. The SMILES string of the molecule is CCCCN[Si](C)(CCCCl)NCCCC. The Bertz CT molecular complexity index is 146. The van der Waals surface area contributed by atoms with E-state index in [0.717, 1.165) is 25.4 Å². The molecule has 0 amide bonds. The zero-order chi connectivity index (χ0) is 12.3. The monoisotopic (exact) mass is 264 g/mol. The highest BCUT2D eigenvalue weighted by atomic mass is 35.5. The molecule has 0 aliphatic carbocycles. The van der Waals surface area contributed by atoms with E-state index in [1.54, 1.807) is 0 Å². The molecular weight excluding hydrogens is 236 g/mol. The largest absolute Gasteiger partial charge is 0.325 e. The van der Waals surface area contributed by atoms with Crippen molar-refractivity contribution in [3.05, 3.63) is 0 Å². The Kier molecular flexibility index (Phi) is 10.9. The Morgan fingerprint density at radius 3 is 1.81 bits per heavy atom. The first-order chi connectivity index (χ1) is 7.68. The van der Waals surface area contributed by atoms with Crippen LogP contribution < -0.4 is 9.96 Å². The Morgan fingerprint density at radius 1 is 0.938 bits per heavy atom. The van der Waals surface area contributed by atoms with E-state index in [1.807, 2.05) is 0 Å². The average molecular weight is 265 g/mol. The predicted molar refractivity (Wildman–Crippen MR) is 77.6 cm³/mol. The maximum atomic E-state index is 5.80. The summed E-state index contributed by atoms with van der Waals surface area (Å²) in [6.07, 6.45) is 6.21. The van der Waals surface area contributed by atoms with Gasteiger partial charge in [-0.1, -0.05) is 26.7 Å². The van der Waals surface area contributed by atoms with E-state index in [-0.39, 0.29) is 0 Å². The lowest BCUT2D eigenvalue weighted by Crippen LogP contribution is -2.60. The Morgan fingerprint density at radius 2 is 1.44 bits per heavy atom. The molecule has 0 aromatic carbocycles. The summed E-state index contributed by atoms with van der Waals surface area (Å²) in [6.45, 7) is 9.18. The standard InChI is InChI=1S/C12H29ClN2Si/c1-4-6-10-14-16(3,12-8-9-13)15-11-7-5-2/h14-15H,4-12H2,1-3H3. The lowest BCUT2D eigenvalue weighted by Gasteiger charge is -2.29. The van der Waals surface area contributed by atoms with E-state index in [4.69, 9.17) is 11.6 Å². The molecule has 2 N–H and O–H groups in total. The van der Waals surface area contributed by atoms with Crippen LogP contribution in [0.3, 0.4) is 0 Å². The van der Waals surface area contributed by atoms with Crippen molar-refractivity contribution >= 4 is 20.0 Å². The molecule has 0 unspecified atom stereocenters. The van der Waals surface area contributed by atoms with Crippen LogP contribution in [0.15, 0.2) is 0 Å². The van der Waals surface area contributed by atoms with Crippen molar-refractivity contribution in [3.63, 3.8) is 0 Å². The number of halogens is 1. The van der Waals surface area contributed by atoms with Gasteiger partial charge in [0.05, 0.1) is 0 Å². The summed E-state index contributed by atoms with van der Waals surface area (Å²) in [4.78, 5) is 7.52. The first-order valence-corrected chi connectivity index (χ1v) is 9.98. The van der Waals surface area contributed by atoms with Crippen LogP contribution in [0.1, 0.15) is 46.0 Å². The maximum absolute atomic E-state index is 5.80. The Balaban J connectivity index is 3.91. The van der Waals surface area contributed by atoms with E-state index < -0.39 is 8.40 Å². The maximum Gasteiger partial charge on any atom is 0.198 e. The molecule has 4 heteroatoms. The summed E-state index contributed by atoms with van der Waals surface area (Å²) in [5, 5.41) is 0. The number of rotatable bonds is 11. The third kappa shape index (κ3) is 8.56. The highest BCUT2D eigenvalue weighted by molar-refractivity contribution is 6.73. The lowest BCUT2D eigenvalue weighted by molar-refractivity contribution is 0.698. The molecule has 98 valence electrons. The topological polar surface area (TPSA) is 24.1 Å². The highest BCUT2D eigenvalue weighted by Crippen LogP contribution is 2.07. The molecule has 0 bridgehead atoms. The molecule has 0 saturated carbocycles. The van der Waals surface area contributed by atoms with Gasteiger partial charge in [0, 0.05) is 5.88 Å². The summed E-state index contributed by atoms with van der Waals surface area (Å²) in [5.74, 6) is 0.785. The summed E-state index contributed by atoms with van der Waals surface area (Å²) in [5.41, 5.74) is 0. The molecule has 0 spiro atoms. The summed E-state index contributed by atoms with van der Waals surface area (Å²) in [6, 6.07) is 1.24. The van der Waals surface area contributed by atoms with Gasteiger partial charge in [-0.25, -0.2) is 0 Å². The van der Waals surface area contributed by atoms with Gasteiger partial charge in [0.15, 0.2) is 8.40 Å². The van der Waals surface area contributed by atoms with E-state index in [2.05, 4.69) is 30.4 Å². The van der Waals surface area contributed by atoms with Gasteiger partial charge in [0.25, 0.3) is 0 Å². The van der Waals surface area contributed by atoms with Crippen LogP contribution in [0, 0.1) is 0 Å². The van der Waals surface area contributed by atoms with Crippen LogP contribution in [0.5, 0.6) is 0 Å². The fourth-order valence-corrected chi connectivity index (χ4v) is 4.92. The van der Waals surface area contributed by atoms with Crippen molar-refractivity contribution in [1.29, 1.82) is 0 Å². The molecule has 0 rings (SSSR count). The van der Waals surface area contributed by atoms with E-state index in [1.165, 1.54) is 31.7 Å². The normalized spacial score (nSPS) is 12.0. The summed E-state index contributed by atoms with van der Waals surface area (Å²) < 4.78 is 0. The van der Waals surface area contributed by atoms with Crippen LogP contribution in [0.2, 0.25) is 12.6 Å². The van der Waals surface area contributed by atoms with Crippen LogP contribution in [-0.4, -0.2) is 27.4 Å². The van der Waals surface area contributed by atoms with E-state index >= 15 is 0 Å². The second kappa shape index (κ2) is 10.6. The molecule has 0 aromatic rings. The molecule has 2 nitrogen and oxygen atoms in total. The predicted octanol–water partition coefficient (Wildman–Crippen LogP) is 3.47. The minimum Gasteiger partial charge on any atom is -0.325 e. The third-order valence-electron chi connectivity index (χ3n) is 2.90. The molecule has 0 fully saturated rings. The number of alkyl halides is 1. The molecule has 0 aliphatic heterocycles. The van der Waals surface area contributed by atoms with Gasteiger partial charge in [-0.3, -0.25) is 0 Å². The van der Waals surface area contributed by atoms with Gasteiger partial charge < -0.3 is 9.96 Å². The lowest BCUT2D eigenvalue weighted by atomic mass is 10.3. The molecule has 0 aromatic heterocycles. The van der Waals surface area contributed by atoms with Gasteiger partial charge in [-0.15, -0.1) is 11.6 Å². The van der Waals surface area contributed by atoms with Crippen LogP contribution in [-0.2, 0) is 0 Å². The van der Waals surface area contributed by atoms with Crippen LogP contribution >= 0.6 is 11.6 Å². The smallest absolute Gasteiger partial charge is 0.198 e. The van der Waals surface area contributed by atoms with Crippen LogP contribution in [0.4, 0.5) is 0 Å². The number of hydrogen-bond acceptors (Lipinski definition) is 2. The number of unbranched alkanes of at least 4 members (excludes halogenated alkanes) is 2. The van der Waals surface area contributed by atoms with E-state index in [9.17, 15) is 0 Å². The van der Waals surface area contributed by atoms with E-state index in [0.29, 0.717) is 0 Å². The van der Waals surface area contributed by atoms with Gasteiger partial charge in [-0.2, -0.15) is 0 Å². The fraction of sp³-hybridized carbons (Fsp3) is 1.00. The molecular formula is C12H29ClN2Si. The van der Waals surface area contributed by atoms with Gasteiger partial charge in [0.2, 0.25) is 0 Å². The summed E-state index contributed by atoms with van der Waals surface area (Å²) >= 11 is 5.80. The second-order valence-corrected chi connectivity index (χ2v) is 8.93. The highest BCUT2D eigenvalue weighted by Gasteiger charge is 2.25. The zero-order valence-electron chi connectivity index (χ0n) is 11.2. The minimum atomic E-state index is -1.43. The first kappa shape index (κ1) is 16.4. The summed E-state index contributed by atoms with van der Waals surface area (Å²) in [7, 11) is -1.43. The van der Waals surface area contributed by atoms with Gasteiger partial charge in [-0.05, 0) is 44.9 Å². The van der Waals surface area contributed by atoms with Crippen molar-refractivity contribution in [2.75, 3.05) is 19.0 Å². The number of nitrogens with one attached hydrogen (secondary N) is 2.